The minimum absolute atomic E-state index is 0.0559. The Morgan fingerprint density at radius 1 is 0.980 bits per heavy atom. The van der Waals surface area contributed by atoms with Crippen molar-refractivity contribution in [3.63, 3.8) is 0 Å². The zero-order chi connectivity index (χ0) is 35.7. The van der Waals surface area contributed by atoms with Crippen LogP contribution in [0.15, 0.2) is 96.2 Å². The maximum atomic E-state index is 11.9. The molecule has 0 spiro atoms. The molecule has 1 fully saturated rings. The summed E-state index contributed by atoms with van der Waals surface area (Å²) in [5.74, 6) is 1.27. The minimum atomic E-state index is -0.334. The van der Waals surface area contributed by atoms with Crippen LogP contribution in [0.4, 0.5) is 22.9 Å². The van der Waals surface area contributed by atoms with Crippen LogP contribution in [-0.2, 0) is 6.54 Å². The van der Waals surface area contributed by atoms with E-state index < -0.39 is 0 Å². The fourth-order valence-electron chi connectivity index (χ4n) is 6.57. The Morgan fingerprint density at radius 2 is 1.76 bits per heavy atom. The van der Waals surface area contributed by atoms with Crippen molar-refractivity contribution in [1.82, 2.24) is 19.8 Å². The van der Waals surface area contributed by atoms with Crippen molar-refractivity contribution in [2.45, 2.75) is 31.7 Å². The lowest BCUT2D eigenvalue weighted by Gasteiger charge is -2.36. The van der Waals surface area contributed by atoms with Gasteiger partial charge in [0.25, 0.3) is 5.69 Å². The second kappa shape index (κ2) is 17.2. The first-order valence-electron chi connectivity index (χ1n) is 17.4. The van der Waals surface area contributed by atoms with E-state index in [1.807, 2.05) is 18.2 Å². The van der Waals surface area contributed by atoms with Crippen molar-refractivity contribution >= 4 is 57.3 Å². The Morgan fingerprint density at radius 3 is 2.53 bits per heavy atom. The Hall–Kier alpha value is -4.42. The number of piperazine rings is 1. The summed E-state index contributed by atoms with van der Waals surface area (Å²) in [6.07, 6.45) is 2.46. The van der Waals surface area contributed by atoms with Crippen molar-refractivity contribution < 1.29 is 4.92 Å². The van der Waals surface area contributed by atoms with Crippen molar-refractivity contribution in [2.75, 3.05) is 67.8 Å². The number of anilines is 3. The number of fused-ring (bicyclic) bond motifs is 1. The van der Waals surface area contributed by atoms with E-state index in [-0.39, 0.29) is 10.6 Å². The highest BCUT2D eigenvalue weighted by Gasteiger charge is 2.20. The van der Waals surface area contributed by atoms with Crippen LogP contribution in [0.1, 0.15) is 25.8 Å². The number of nitro groups is 1. The molecule has 4 aromatic carbocycles. The molecule has 1 aliphatic heterocycles. The largest absolute Gasteiger partial charge is 0.379 e. The van der Waals surface area contributed by atoms with Crippen LogP contribution < -0.4 is 14.9 Å². The van der Waals surface area contributed by atoms with Gasteiger partial charge in [0.15, 0.2) is 0 Å². The lowest BCUT2D eigenvalue weighted by atomic mass is 9.99. The quantitative estimate of drug-likeness (QED) is 0.0472. The molecule has 0 aliphatic carbocycles. The van der Waals surface area contributed by atoms with E-state index in [0.29, 0.717) is 24.0 Å². The van der Waals surface area contributed by atoms with E-state index >= 15 is 0 Å². The number of hydrogen-bond acceptors (Lipinski definition) is 10. The van der Waals surface area contributed by atoms with E-state index in [2.05, 4.69) is 110 Å². The zero-order valence-electron chi connectivity index (χ0n) is 29.4. The average molecular weight is 725 g/mol. The van der Waals surface area contributed by atoms with Crippen LogP contribution in [0.25, 0.3) is 22.0 Å². The molecule has 0 bridgehead atoms. The summed E-state index contributed by atoms with van der Waals surface area (Å²) < 4.78 is 3.31. The normalized spacial score (nSPS) is 13.6. The Kier molecular flexibility index (Phi) is 12.3. The highest BCUT2D eigenvalue weighted by atomic mass is 35.5. The van der Waals surface area contributed by atoms with E-state index in [1.165, 1.54) is 28.6 Å². The van der Waals surface area contributed by atoms with E-state index in [9.17, 15) is 10.1 Å². The van der Waals surface area contributed by atoms with Gasteiger partial charge < -0.3 is 19.8 Å². The number of nitrogens with zero attached hydrogens (tertiary/aromatic N) is 6. The summed E-state index contributed by atoms with van der Waals surface area (Å²) >= 11 is 7.44. The van der Waals surface area contributed by atoms with E-state index in [4.69, 9.17) is 11.6 Å². The van der Waals surface area contributed by atoms with Crippen LogP contribution in [0.2, 0.25) is 5.02 Å². The third kappa shape index (κ3) is 9.68. The molecule has 0 amide bonds. The Bertz CT molecular complexity index is 1940. The van der Waals surface area contributed by atoms with Gasteiger partial charge in [-0.15, -0.1) is 0 Å². The Balaban J connectivity index is 1.05. The average Bonchev–Trinajstić information content (AvgIpc) is 3.13. The monoisotopic (exact) mass is 724 g/mol. The van der Waals surface area contributed by atoms with E-state index in [0.717, 1.165) is 78.7 Å². The predicted octanol–water partition coefficient (Wildman–Crippen LogP) is 8.69. The third-order valence-electron chi connectivity index (χ3n) is 9.06. The maximum absolute atomic E-state index is 11.9. The molecule has 5 aromatic rings. The van der Waals surface area contributed by atoms with Crippen LogP contribution in [0, 0.1) is 16.0 Å². The van der Waals surface area contributed by atoms with Crippen molar-refractivity contribution in [3.8, 4) is 11.1 Å². The number of halogens is 1. The minimum Gasteiger partial charge on any atom is -0.379 e. The summed E-state index contributed by atoms with van der Waals surface area (Å²) in [6, 6.07) is 28.2. The second-order valence-corrected chi connectivity index (χ2v) is 14.7. The van der Waals surface area contributed by atoms with Crippen LogP contribution in [0.3, 0.4) is 0 Å². The van der Waals surface area contributed by atoms with Gasteiger partial charge in [-0.1, -0.05) is 61.8 Å². The van der Waals surface area contributed by atoms with E-state index in [1.54, 1.807) is 18.5 Å². The molecular formula is C39H45ClN8O2S. The fraction of sp³-hybridized carbons (Fsp3) is 0.333. The van der Waals surface area contributed by atoms with Gasteiger partial charge in [-0.2, -0.15) is 0 Å². The van der Waals surface area contributed by atoms with Gasteiger partial charge >= 0.3 is 0 Å². The first-order valence-corrected chi connectivity index (χ1v) is 18.6. The summed E-state index contributed by atoms with van der Waals surface area (Å²) in [6.45, 7) is 11.7. The molecule has 0 radical (unpaired) electrons. The molecule has 0 unspecified atom stereocenters. The first-order chi connectivity index (χ1) is 24.7. The molecule has 1 saturated heterocycles. The smallest absolute Gasteiger partial charge is 0.293 e. The summed E-state index contributed by atoms with van der Waals surface area (Å²) in [5.41, 5.74) is 6.29. The number of hydrogen-bond donors (Lipinski definition) is 2. The van der Waals surface area contributed by atoms with Gasteiger partial charge in [0.1, 0.15) is 17.8 Å². The number of nitrogens with one attached hydrogen (secondary N) is 2. The molecule has 51 heavy (non-hydrogen) atoms. The SMILES string of the molecule is CC(C)CN(C)CCCNc1ccc(SNc2ncnc3cc(N4CCN(Cc5ccccc5-c5ccc(Cl)cc5)CC4)ccc23)cc1[N+](=O)[O-]. The topological polar surface area (TPSA) is 103 Å². The third-order valence-corrected chi connectivity index (χ3v) is 10.1. The summed E-state index contributed by atoms with van der Waals surface area (Å²) in [4.78, 5) is 28.6. The van der Waals surface area contributed by atoms with Gasteiger partial charge in [-0.05, 0) is 97.0 Å². The maximum Gasteiger partial charge on any atom is 0.293 e. The lowest BCUT2D eigenvalue weighted by Crippen LogP contribution is -2.46. The molecule has 1 aliphatic rings. The second-order valence-electron chi connectivity index (χ2n) is 13.4. The molecule has 1 aromatic heterocycles. The highest BCUT2D eigenvalue weighted by molar-refractivity contribution is 8.00. The number of nitro benzene ring substituents is 1. The zero-order valence-corrected chi connectivity index (χ0v) is 31.0. The Labute approximate surface area is 309 Å². The van der Waals surface area contributed by atoms with Gasteiger partial charge in [0.2, 0.25) is 0 Å². The number of benzene rings is 4. The van der Waals surface area contributed by atoms with Crippen molar-refractivity contribution in [1.29, 1.82) is 0 Å². The van der Waals surface area contributed by atoms with Gasteiger partial charge in [-0.25, -0.2) is 9.97 Å². The molecule has 0 atom stereocenters. The molecule has 10 nitrogen and oxygen atoms in total. The fourth-order valence-corrected chi connectivity index (χ4v) is 7.38. The molecular weight excluding hydrogens is 680 g/mol. The number of aromatic nitrogens is 2. The highest BCUT2D eigenvalue weighted by Crippen LogP contribution is 2.33. The van der Waals surface area contributed by atoms with Crippen LogP contribution >= 0.6 is 23.5 Å². The molecule has 6 rings (SSSR count). The molecule has 266 valence electrons. The molecule has 0 saturated carbocycles. The van der Waals surface area contributed by atoms with Crippen molar-refractivity contribution in [2.24, 2.45) is 5.92 Å². The predicted molar refractivity (Wildman–Crippen MR) is 212 cm³/mol. The number of rotatable bonds is 15. The van der Waals surface area contributed by atoms with Gasteiger partial charge in [0.05, 0.1) is 10.4 Å². The van der Waals surface area contributed by atoms with Gasteiger partial charge in [0, 0.05) is 72.9 Å². The summed E-state index contributed by atoms with van der Waals surface area (Å²) in [7, 11) is 2.11. The first kappa shape index (κ1) is 36.4. The molecule has 2 heterocycles. The van der Waals surface area contributed by atoms with Gasteiger partial charge in [-0.3, -0.25) is 15.0 Å². The lowest BCUT2D eigenvalue weighted by molar-refractivity contribution is -0.384. The summed E-state index contributed by atoms with van der Waals surface area (Å²) in [5, 5.41) is 16.8. The molecule has 2 N–H and O–H groups in total. The standard InChI is InChI=1S/C39H45ClN8O2S/c1-28(2)25-45(3)18-6-17-41-36-16-14-33(24-38(36)48(49)50)51-44-39-35-15-13-32(23-37(35)42-27-43-39)47-21-19-46(20-22-47)26-30-7-4-5-8-34(30)29-9-11-31(40)12-10-29/h4-5,7-16,23-24,27-28,41H,6,17-22,25-26H2,1-3H3,(H,42,43,44). The van der Waals surface area contributed by atoms with Crippen LogP contribution in [-0.4, -0.2) is 77.6 Å². The molecule has 12 heteroatoms. The van der Waals surface area contributed by atoms with Crippen LogP contribution in [0.5, 0.6) is 0 Å². The van der Waals surface area contributed by atoms with Crippen molar-refractivity contribution in [3.05, 3.63) is 112 Å².